The summed E-state index contributed by atoms with van der Waals surface area (Å²) in [5.74, 6) is 0. The average molecular weight is 216 g/mol. The fourth-order valence-electron chi connectivity index (χ4n) is 1.77. The summed E-state index contributed by atoms with van der Waals surface area (Å²) in [7, 11) is 1.88. The number of aromatic nitrogens is 2. The van der Waals surface area contributed by atoms with Crippen LogP contribution in [0.25, 0.3) is 0 Å². The van der Waals surface area contributed by atoms with Gasteiger partial charge in [-0.05, 0) is 18.1 Å². The molecule has 0 fully saturated rings. The molecule has 1 aromatic heterocycles. The van der Waals surface area contributed by atoms with E-state index in [0.29, 0.717) is 12.8 Å². The highest BCUT2D eigenvalue weighted by atomic mass is 16.3. The van der Waals surface area contributed by atoms with E-state index in [2.05, 4.69) is 5.10 Å². The second-order valence-electron chi connectivity index (χ2n) is 4.03. The molecule has 3 nitrogen and oxygen atoms in total. The van der Waals surface area contributed by atoms with Gasteiger partial charge in [0, 0.05) is 19.7 Å². The van der Waals surface area contributed by atoms with Gasteiger partial charge in [0.05, 0.1) is 11.8 Å². The molecule has 0 spiro atoms. The number of hydrogen-bond acceptors (Lipinski definition) is 2. The minimum absolute atomic E-state index is 0.364. The largest absolute Gasteiger partial charge is 0.392 e. The molecule has 0 aliphatic rings. The van der Waals surface area contributed by atoms with E-state index < -0.39 is 0 Å². The Labute approximate surface area is 95.3 Å². The zero-order valence-electron chi connectivity index (χ0n) is 9.37. The van der Waals surface area contributed by atoms with Gasteiger partial charge in [0.2, 0.25) is 0 Å². The second kappa shape index (κ2) is 4.94. The van der Waals surface area contributed by atoms with E-state index in [4.69, 9.17) is 0 Å². The van der Waals surface area contributed by atoms with Crippen LogP contribution in [0, 0.1) is 0 Å². The highest BCUT2D eigenvalue weighted by molar-refractivity contribution is 5.16. The van der Waals surface area contributed by atoms with Crippen molar-refractivity contribution in [3.05, 3.63) is 53.9 Å². The van der Waals surface area contributed by atoms with E-state index in [1.165, 1.54) is 0 Å². The van der Waals surface area contributed by atoms with Crippen LogP contribution < -0.4 is 0 Å². The van der Waals surface area contributed by atoms with Crippen molar-refractivity contribution in [1.82, 2.24) is 9.78 Å². The molecule has 0 saturated heterocycles. The van der Waals surface area contributed by atoms with Crippen LogP contribution in [0.2, 0.25) is 0 Å². The van der Waals surface area contributed by atoms with Gasteiger partial charge in [0.1, 0.15) is 0 Å². The molecule has 0 saturated carbocycles. The van der Waals surface area contributed by atoms with Crippen molar-refractivity contribution in [3.8, 4) is 0 Å². The Hall–Kier alpha value is -1.61. The fourth-order valence-corrected chi connectivity index (χ4v) is 1.77. The molecule has 1 heterocycles. The molecule has 1 atom stereocenters. The summed E-state index contributed by atoms with van der Waals surface area (Å²) >= 11 is 0. The van der Waals surface area contributed by atoms with Crippen molar-refractivity contribution >= 4 is 0 Å². The third kappa shape index (κ3) is 2.94. The lowest BCUT2D eigenvalue weighted by atomic mass is 10.0. The molecule has 0 amide bonds. The normalized spacial score (nSPS) is 12.6. The maximum absolute atomic E-state index is 9.92. The van der Waals surface area contributed by atoms with Gasteiger partial charge in [0.25, 0.3) is 0 Å². The Kier molecular flexibility index (Phi) is 3.37. The van der Waals surface area contributed by atoms with Gasteiger partial charge in [-0.15, -0.1) is 0 Å². The summed E-state index contributed by atoms with van der Waals surface area (Å²) in [6.07, 6.45) is 2.81. The molecule has 84 valence electrons. The lowest BCUT2D eigenvalue weighted by Crippen LogP contribution is -2.14. The third-order valence-corrected chi connectivity index (χ3v) is 2.53. The van der Waals surface area contributed by atoms with Crippen molar-refractivity contribution < 1.29 is 5.11 Å². The average Bonchev–Trinajstić information content (AvgIpc) is 2.65. The molecule has 0 bridgehead atoms. The van der Waals surface area contributed by atoms with Crippen LogP contribution >= 0.6 is 0 Å². The highest BCUT2D eigenvalue weighted by Gasteiger charge is 2.08. The molecule has 1 N–H and O–H groups in total. The quantitative estimate of drug-likeness (QED) is 0.842. The van der Waals surface area contributed by atoms with Crippen molar-refractivity contribution in [2.24, 2.45) is 7.05 Å². The van der Waals surface area contributed by atoms with Crippen molar-refractivity contribution in [3.63, 3.8) is 0 Å². The van der Waals surface area contributed by atoms with Crippen LogP contribution in [-0.4, -0.2) is 21.0 Å². The standard InChI is InChI=1S/C13H16N2O/c1-15-8-7-12(14-15)10-13(16)9-11-5-3-2-4-6-11/h2-8,13,16H,9-10H2,1H3. The molecule has 0 aliphatic carbocycles. The van der Waals surface area contributed by atoms with Crippen LogP contribution in [-0.2, 0) is 19.9 Å². The van der Waals surface area contributed by atoms with Crippen LogP contribution in [0.3, 0.4) is 0 Å². The van der Waals surface area contributed by atoms with E-state index in [1.807, 2.05) is 49.6 Å². The third-order valence-electron chi connectivity index (χ3n) is 2.53. The highest BCUT2D eigenvalue weighted by Crippen LogP contribution is 2.07. The minimum atomic E-state index is -0.364. The van der Waals surface area contributed by atoms with Crippen LogP contribution in [0.1, 0.15) is 11.3 Å². The monoisotopic (exact) mass is 216 g/mol. The zero-order chi connectivity index (χ0) is 11.4. The number of aryl methyl sites for hydroxylation is 1. The SMILES string of the molecule is Cn1ccc(CC(O)Cc2ccccc2)n1. The first-order chi connectivity index (χ1) is 7.74. The summed E-state index contributed by atoms with van der Waals surface area (Å²) < 4.78 is 1.75. The van der Waals surface area contributed by atoms with Crippen LogP contribution in [0.4, 0.5) is 0 Å². The molecule has 0 radical (unpaired) electrons. The molecule has 2 rings (SSSR count). The van der Waals surface area contributed by atoms with E-state index in [-0.39, 0.29) is 6.10 Å². The predicted octanol–water partition coefficient (Wildman–Crippen LogP) is 1.57. The molecule has 1 unspecified atom stereocenters. The van der Waals surface area contributed by atoms with Gasteiger partial charge in [-0.2, -0.15) is 5.10 Å². The minimum Gasteiger partial charge on any atom is -0.392 e. The molecule has 16 heavy (non-hydrogen) atoms. The maximum Gasteiger partial charge on any atom is 0.0650 e. The predicted molar refractivity (Wildman–Crippen MR) is 63.1 cm³/mol. The Morgan fingerprint density at radius 3 is 2.56 bits per heavy atom. The van der Waals surface area contributed by atoms with Gasteiger partial charge < -0.3 is 5.11 Å². The summed E-state index contributed by atoms with van der Waals surface area (Å²) in [5.41, 5.74) is 2.09. The number of benzene rings is 1. The van der Waals surface area contributed by atoms with E-state index in [0.717, 1.165) is 11.3 Å². The van der Waals surface area contributed by atoms with Gasteiger partial charge in [-0.3, -0.25) is 4.68 Å². The van der Waals surface area contributed by atoms with Gasteiger partial charge in [0.15, 0.2) is 0 Å². The first-order valence-corrected chi connectivity index (χ1v) is 5.44. The summed E-state index contributed by atoms with van der Waals surface area (Å²) in [4.78, 5) is 0. The maximum atomic E-state index is 9.92. The Bertz CT molecular complexity index is 436. The number of aliphatic hydroxyl groups excluding tert-OH is 1. The Morgan fingerprint density at radius 1 is 1.19 bits per heavy atom. The van der Waals surface area contributed by atoms with E-state index in [9.17, 15) is 5.11 Å². The molecular weight excluding hydrogens is 200 g/mol. The zero-order valence-corrected chi connectivity index (χ0v) is 9.37. The number of aliphatic hydroxyl groups is 1. The Morgan fingerprint density at radius 2 is 1.94 bits per heavy atom. The summed E-state index contributed by atoms with van der Waals surface area (Å²) in [5, 5.41) is 14.2. The summed E-state index contributed by atoms with van der Waals surface area (Å²) in [6.45, 7) is 0. The van der Waals surface area contributed by atoms with Crippen LogP contribution in [0.5, 0.6) is 0 Å². The fraction of sp³-hybridized carbons (Fsp3) is 0.308. The van der Waals surface area contributed by atoms with Gasteiger partial charge >= 0.3 is 0 Å². The molecule has 3 heteroatoms. The smallest absolute Gasteiger partial charge is 0.0650 e. The van der Waals surface area contributed by atoms with Crippen LogP contribution in [0.15, 0.2) is 42.6 Å². The first-order valence-electron chi connectivity index (χ1n) is 5.44. The molecule has 2 aromatic rings. The number of rotatable bonds is 4. The van der Waals surface area contributed by atoms with Crippen molar-refractivity contribution in [2.75, 3.05) is 0 Å². The lowest BCUT2D eigenvalue weighted by molar-refractivity contribution is 0.174. The Balaban J connectivity index is 1.92. The molecule has 1 aromatic carbocycles. The van der Waals surface area contributed by atoms with Gasteiger partial charge in [-0.1, -0.05) is 30.3 Å². The van der Waals surface area contributed by atoms with Crippen molar-refractivity contribution in [2.45, 2.75) is 18.9 Å². The van der Waals surface area contributed by atoms with Gasteiger partial charge in [-0.25, -0.2) is 0 Å². The van der Waals surface area contributed by atoms with E-state index >= 15 is 0 Å². The lowest BCUT2D eigenvalue weighted by Gasteiger charge is -2.08. The van der Waals surface area contributed by atoms with E-state index in [1.54, 1.807) is 4.68 Å². The number of nitrogens with zero attached hydrogens (tertiary/aromatic N) is 2. The summed E-state index contributed by atoms with van der Waals surface area (Å²) in [6, 6.07) is 12.0. The molecule has 0 aliphatic heterocycles. The van der Waals surface area contributed by atoms with Crippen molar-refractivity contribution in [1.29, 1.82) is 0 Å². The number of hydrogen-bond donors (Lipinski definition) is 1. The topological polar surface area (TPSA) is 38.0 Å². The second-order valence-corrected chi connectivity index (χ2v) is 4.03. The first kappa shape index (κ1) is 10.9. The molecular formula is C13H16N2O.